The van der Waals surface area contributed by atoms with Crippen LogP contribution in [0.1, 0.15) is 61.9 Å². The third-order valence-electron chi connectivity index (χ3n) is 6.18. The molecule has 2 aliphatic rings. The van der Waals surface area contributed by atoms with E-state index in [4.69, 9.17) is 0 Å². The Balaban J connectivity index is 1.74. The average Bonchev–Trinajstić information content (AvgIpc) is 3.50. The summed E-state index contributed by atoms with van der Waals surface area (Å²) in [4.78, 5) is 15.3. The van der Waals surface area contributed by atoms with Gasteiger partial charge in [-0.25, -0.2) is 8.42 Å². The zero-order valence-corrected chi connectivity index (χ0v) is 18.3. The Labute approximate surface area is 169 Å². The highest BCUT2D eigenvalue weighted by atomic mass is 32.2. The average molecular weight is 408 g/mol. The largest absolute Gasteiger partial charge is 0.350 e. The fourth-order valence-corrected chi connectivity index (χ4v) is 5.62. The molecule has 1 amide bonds. The van der Waals surface area contributed by atoms with Crippen molar-refractivity contribution < 1.29 is 13.2 Å². The molecule has 0 bridgehead atoms. The van der Waals surface area contributed by atoms with Gasteiger partial charge < -0.3 is 5.32 Å². The van der Waals surface area contributed by atoms with Crippen molar-refractivity contribution in [3.05, 3.63) is 29.3 Å². The zero-order valence-electron chi connectivity index (χ0n) is 17.4. The number of hydrogen-bond donors (Lipinski definition) is 1. The van der Waals surface area contributed by atoms with E-state index in [2.05, 4.69) is 24.2 Å². The van der Waals surface area contributed by atoms with Crippen LogP contribution in [0.5, 0.6) is 0 Å². The first-order chi connectivity index (χ1) is 13.2. The Bertz CT molecular complexity index is 820. The van der Waals surface area contributed by atoms with E-state index >= 15 is 0 Å². The van der Waals surface area contributed by atoms with Crippen LogP contribution >= 0.6 is 0 Å². The second-order valence-electron chi connectivity index (χ2n) is 8.39. The molecule has 0 radical (unpaired) electrons. The van der Waals surface area contributed by atoms with E-state index < -0.39 is 10.0 Å². The van der Waals surface area contributed by atoms with E-state index in [0.29, 0.717) is 24.7 Å². The summed E-state index contributed by atoms with van der Waals surface area (Å²) in [5, 5.41) is 2.98. The second-order valence-corrected chi connectivity index (χ2v) is 10.3. The van der Waals surface area contributed by atoms with E-state index in [1.54, 1.807) is 16.4 Å². The van der Waals surface area contributed by atoms with E-state index in [1.807, 2.05) is 13.8 Å². The fourth-order valence-electron chi connectivity index (χ4n) is 3.89. The number of nitrogens with zero attached hydrogens (tertiary/aromatic N) is 2. The van der Waals surface area contributed by atoms with Crippen LogP contribution in [0.4, 0.5) is 0 Å². The van der Waals surface area contributed by atoms with Gasteiger partial charge in [0.1, 0.15) is 0 Å². The lowest BCUT2D eigenvalue weighted by Gasteiger charge is -2.32. The number of rotatable bonds is 7. The number of likely N-dealkylation sites (N-methyl/N-ethyl adjacent to an activating group) is 1. The van der Waals surface area contributed by atoms with Gasteiger partial charge in [0.2, 0.25) is 10.0 Å². The third-order valence-corrected chi connectivity index (χ3v) is 8.19. The summed E-state index contributed by atoms with van der Waals surface area (Å²) in [6, 6.07) is 5.77. The van der Waals surface area contributed by atoms with Crippen LogP contribution in [-0.4, -0.2) is 61.8 Å². The van der Waals surface area contributed by atoms with Crippen LogP contribution in [0.2, 0.25) is 0 Å². The number of amides is 1. The van der Waals surface area contributed by atoms with Gasteiger partial charge in [0.05, 0.1) is 4.90 Å². The Kier molecular flexibility index (Phi) is 6.47. The number of hydrogen-bond acceptors (Lipinski definition) is 4. The number of carbonyl (C=O) groups excluding carboxylic acids is 1. The molecule has 3 rings (SSSR count). The number of sulfonamides is 1. The Morgan fingerprint density at radius 2 is 2.00 bits per heavy atom. The Morgan fingerprint density at radius 3 is 2.64 bits per heavy atom. The van der Waals surface area contributed by atoms with Gasteiger partial charge in [0.25, 0.3) is 5.91 Å². The molecule has 2 fully saturated rings. The molecule has 1 N–H and O–H groups in total. The molecule has 2 atom stereocenters. The minimum absolute atomic E-state index is 0.00357. The van der Waals surface area contributed by atoms with Crippen LogP contribution in [0.3, 0.4) is 0 Å². The van der Waals surface area contributed by atoms with Crippen LogP contribution < -0.4 is 5.32 Å². The van der Waals surface area contributed by atoms with E-state index in [9.17, 15) is 13.2 Å². The van der Waals surface area contributed by atoms with Gasteiger partial charge in [-0.2, -0.15) is 4.31 Å². The SMILES string of the molecule is Cc1ccc(S(=O)(=O)N2CCCCC2C)cc1C(=O)NCC(C)N(C)C1CC1. The molecule has 6 nitrogen and oxygen atoms in total. The van der Waals surface area contributed by atoms with Crippen LogP contribution in [-0.2, 0) is 10.0 Å². The number of nitrogens with one attached hydrogen (secondary N) is 1. The molecule has 1 aromatic carbocycles. The minimum Gasteiger partial charge on any atom is -0.350 e. The molecule has 1 heterocycles. The molecule has 28 heavy (non-hydrogen) atoms. The first-order valence-corrected chi connectivity index (χ1v) is 11.8. The van der Waals surface area contributed by atoms with Crippen molar-refractivity contribution in [3.8, 4) is 0 Å². The van der Waals surface area contributed by atoms with Crippen LogP contribution in [0.15, 0.2) is 23.1 Å². The van der Waals surface area contributed by atoms with Gasteiger partial charge in [-0.15, -0.1) is 0 Å². The Hall–Kier alpha value is -1.44. The van der Waals surface area contributed by atoms with Gasteiger partial charge in [0.15, 0.2) is 0 Å². The lowest BCUT2D eigenvalue weighted by molar-refractivity contribution is 0.0938. The molecule has 2 unspecified atom stereocenters. The van der Waals surface area contributed by atoms with Crippen molar-refractivity contribution in [2.24, 2.45) is 0 Å². The summed E-state index contributed by atoms with van der Waals surface area (Å²) in [5.74, 6) is -0.211. The monoisotopic (exact) mass is 407 g/mol. The summed E-state index contributed by atoms with van der Waals surface area (Å²) in [6.45, 7) is 6.99. The quantitative estimate of drug-likeness (QED) is 0.755. The summed E-state index contributed by atoms with van der Waals surface area (Å²) < 4.78 is 27.8. The van der Waals surface area contributed by atoms with Gasteiger partial charge in [-0.3, -0.25) is 9.69 Å². The van der Waals surface area contributed by atoms with E-state index in [1.165, 1.54) is 18.9 Å². The van der Waals surface area contributed by atoms with Crippen molar-refractivity contribution >= 4 is 15.9 Å². The fraction of sp³-hybridized carbons (Fsp3) is 0.667. The third kappa shape index (κ3) is 4.58. The zero-order chi connectivity index (χ0) is 20.5. The molecule has 0 spiro atoms. The molecule has 1 aliphatic carbocycles. The molecule has 1 aromatic rings. The van der Waals surface area contributed by atoms with Crippen molar-refractivity contribution in [1.82, 2.24) is 14.5 Å². The molecule has 156 valence electrons. The van der Waals surface area contributed by atoms with Gasteiger partial charge >= 0.3 is 0 Å². The first-order valence-electron chi connectivity index (χ1n) is 10.3. The van der Waals surface area contributed by atoms with Gasteiger partial charge in [-0.05, 0) is 71.2 Å². The minimum atomic E-state index is -3.59. The van der Waals surface area contributed by atoms with E-state index in [0.717, 1.165) is 24.8 Å². The highest BCUT2D eigenvalue weighted by molar-refractivity contribution is 7.89. The number of benzene rings is 1. The highest BCUT2D eigenvalue weighted by Gasteiger charge is 2.32. The predicted molar refractivity (Wildman–Crippen MR) is 111 cm³/mol. The number of aryl methyl sites for hydroxylation is 1. The lowest BCUT2D eigenvalue weighted by atomic mass is 10.1. The lowest BCUT2D eigenvalue weighted by Crippen LogP contribution is -2.42. The summed E-state index contributed by atoms with van der Waals surface area (Å²) in [5.41, 5.74) is 1.22. The maximum atomic E-state index is 13.1. The standard InChI is InChI=1S/C21H33N3O3S/c1-15-8-11-19(28(26,27)24-12-6-5-7-16(24)2)13-20(15)21(25)22-14-17(3)23(4)18-9-10-18/h8,11,13,16-18H,5-7,9-10,12,14H2,1-4H3,(H,22,25). The Morgan fingerprint density at radius 1 is 1.29 bits per heavy atom. The first kappa shape index (κ1) is 21.3. The molecule has 7 heteroatoms. The predicted octanol–water partition coefficient (Wildman–Crippen LogP) is 2.77. The maximum Gasteiger partial charge on any atom is 0.251 e. The smallest absolute Gasteiger partial charge is 0.251 e. The maximum absolute atomic E-state index is 13.1. The summed E-state index contributed by atoms with van der Waals surface area (Å²) in [6.07, 6.45) is 5.27. The van der Waals surface area contributed by atoms with Crippen molar-refractivity contribution in [1.29, 1.82) is 0 Å². The highest BCUT2D eigenvalue weighted by Crippen LogP contribution is 2.27. The molecule has 1 aliphatic heterocycles. The van der Waals surface area contributed by atoms with Gasteiger partial charge in [0, 0.05) is 36.8 Å². The molecule has 1 saturated carbocycles. The summed E-state index contributed by atoms with van der Waals surface area (Å²) in [7, 11) is -1.50. The van der Waals surface area contributed by atoms with Crippen molar-refractivity contribution in [3.63, 3.8) is 0 Å². The van der Waals surface area contributed by atoms with Crippen LogP contribution in [0, 0.1) is 6.92 Å². The molecule has 1 saturated heterocycles. The molecule has 0 aromatic heterocycles. The van der Waals surface area contributed by atoms with Crippen molar-refractivity contribution in [2.45, 2.75) is 75.9 Å². The topological polar surface area (TPSA) is 69.7 Å². The number of carbonyl (C=O) groups is 1. The second kappa shape index (κ2) is 8.51. The van der Waals surface area contributed by atoms with Crippen molar-refractivity contribution in [2.75, 3.05) is 20.1 Å². The summed E-state index contributed by atoms with van der Waals surface area (Å²) >= 11 is 0. The van der Waals surface area contributed by atoms with Gasteiger partial charge in [-0.1, -0.05) is 12.5 Å². The molecular formula is C21H33N3O3S. The van der Waals surface area contributed by atoms with E-state index in [-0.39, 0.29) is 22.9 Å². The van der Waals surface area contributed by atoms with Crippen LogP contribution in [0.25, 0.3) is 0 Å². The molecular weight excluding hydrogens is 374 g/mol. The number of piperidine rings is 1. The normalized spacial score (nSPS) is 22.2.